The van der Waals surface area contributed by atoms with Gasteiger partial charge in [0.25, 0.3) is 0 Å². The molecule has 88 valence electrons. The minimum absolute atomic E-state index is 0.306. The number of rotatable bonds is 5. The molecule has 0 aromatic rings. The molecule has 0 aliphatic heterocycles. The highest BCUT2D eigenvalue weighted by Gasteiger charge is 1.94. The predicted octanol–water partition coefficient (Wildman–Crippen LogP) is 2.52. The van der Waals surface area contributed by atoms with E-state index in [1.165, 1.54) is 0 Å². The SMILES string of the molecule is CC(C)CNCC(C)C.CC(C)CO. The van der Waals surface area contributed by atoms with Gasteiger partial charge in [0.1, 0.15) is 0 Å². The Kier molecular flexibility index (Phi) is 12.8. The lowest BCUT2D eigenvalue weighted by molar-refractivity contribution is 0.248. The first-order valence-corrected chi connectivity index (χ1v) is 5.71. The Bertz CT molecular complexity index is 92.5. The fraction of sp³-hybridized carbons (Fsp3) is 1.00. The molecule has 0 fully saturated rings. The summed E-state index contributed by atoms with van der Waals surface area (Å²) in [5.74, 6) is 2.00. The molecule has 0 heterocycles. The van der Waals surface area contributed by atoms with Crippen molar-refractivity contribution in [3.8, 4) is 0 Å². The third-order valence-corrected chi connectivity index (χ3v) is 1.47. The van der Waals surface area contributed by atoms with Crippen LogP contribution in [-0.4, -0.2) is 24.8 Å². The minimum atomic E-state index is 0.306. The van der Waals surface area contributed by atoms with Gasteiger partial charge in [-0.15, -0.1) is 0 Å². The van der Waals surface area contributed by atoms with Crippen LogP contribution in [0.3, 0.4) is 0 Å². The molecule has 2 N–H and O–H groups in total. The van der Waals surface area contributed by atoms with E-state index >= 15 is 0 Å². The van der Waals surface area contributed by atoms with Crippen molar-refractivity contribution < 1.29 is 5.11 Å². The second-order valence-electron chi connectivity index (χ2n) is 5.02. The normalized spacial score (nSPS) is 10.7. The van der Waals surface area contributed by atoms with Crippen LogP contribution in [0.4, 0.5) is 0 Å². The third kappa shape index (κ3) is 22.7. The van der Waals surface area contributed by atoms with Crippen LogP contribution in [0.5, 0.6) is 0 Å². The Labute approximate surface area is 90.1 Å². The molecule has 0 spiro atoms. The summed E-state index contributed by atoms with van der Waals surface area (Å²) in [6, 6.07) is 0. The highest BCUT2D eigenvalue weighted by atomic mass is 16.3. The lowest BCUT2D eigenvalue weighted by atomic mass is 10.2. The lowest BCUT2D eigenvalue weighted by Gasteiger charge is -2.08. The van der Waals surface area contributed by atoms with Crippen LogP contribution in [0.25, 0.3) is 0 Å². The first kappa shape index (κ1) is 16.4. The van der Waals surface area contributed by atoms with Gasteiger partial charge in [-0.25, -0.2) is 0 Å². The fourth-order valence-electron chi connectivity index (χ4n) is 0.661. The molecule has 0 unspecified atom stereocenters. The molecule has 0 aliphatic carbocycles. The summed E-state index contributed by atoms with van der Waals surface area (Å²) in [6.45, 7) is 15.5. The number of aliphatic hydroxyl groups excluding tert-OH is 1. The summed E-state index contributed by atoms with van der Waals surface area (Å²) < 4.78 is 0. The molecule has 0 rings (SSSR count). The van der Waals surface area contributed by atoms with E-state index < -0.39 is 0 Å². The van der Waals surface area contributed by atoms with Crippen molar-refractivity contribution in [3.05, 3.63) is 0 Å². The number of aliphatic hydroxyl groups is 1. The quantitative estimate of drug-likeness (QED) is 0.719. The topological polar surface area (TPSA) is 32.3 Å². The van der Waals surface area contributed by atoms with E-state index in [2.05, 4.69) is 33.0 Å². The fourth-order valence-corrected chi connectivity index (χ4v) is 0.661. The maximum atomic E-state index is 8.14. The molecule has 0 aromatic carbocycles. The van der Waals surface area contributed by atoms with E-state index in [9.17, 15) is 0 Å². The van der Waals surface area contributed by atoms with Crippen LogP contribution < -0.4 is 5.32 Å². The van der Waals surface area contributed by atoms with E-state index in [0.29, 0.717) is 12.5 Å². The molecular weight excluding hydrogens is 174 g/mol. The zero-order valence-electron chi connectivity index (χ0n) is 10.8. The second-order valence-corrected chi connectivity index (χ2v) is 5.02. The van der Waals surface area contributed by atoms with Crippen molar-refractivity contribution in [1.82, 2.24) is 5.32 Å². The first-order valence-electron chi connectivity index (χ1n) is 5.71. The van der Waals surface area contributed by atoms with Gasteiger partial charge in [-0.2, -0.15) is 0 Å². The summed E-state index contributed by atoms with van der Waals surface area (Å²) in [6.07, 6.45) is 0. The van der Waals surface area contributed by atoms with Crippen LogP contribution in [0.1, 0.15) is 41.5 Å². The Hall–Kier alpha value is -0.0800. The molecule has 0 aliphatic rings. The van der Waals surface area contributed by atoms with Gasteiger partial charge < -0.3 is 10.4 Å². The van der Waals surface area contributed by atoms with Gasteiger partial charge in [-0.3, -0.25) is 0 Å². The summed E-state index contributed by atoms with van der Waals surface area (Å²) >= 11 is 0. The summed E-state index contributed by atoms with van der Waals surface area (Å²) in [5, 5.41) is 11.5. The van der Waals surface area contributed by atoms with Gasteiger partial charge in [-0.1, -0.05) is 41.5 Å². The van der Waals surface area contributed by atoms with E-state index in [1.54, 1.807) is 0 Å². The van der Waals surface area contributed by atoms with E-state index in [-0.39, 0.29) is 0 Å². The largest absolute Gasteiger partial charge is 0.396 e. The summed E-state index contributed by atoms with van der Waals surface area (Å²) in [4.78, 5) is 0. The predicted molar refractivity (Wildman–Crippen MR) is 64.5 cm³/mol. The van der Waals surface area contributed by atoms with Crippen molar-refractivity contribution in [2.45, 2.75) is 41.5 Å². The molecule has 0 saturated heterocycles. The maximum Gasteiger partial charge on any atom is 0.0453 e. The standard InChI is InChI=1S/C8H19N.C4H10O/c1-7(2)5-9-6-8(3)4;1-4(2)3-5/h7-9H,5-6H2,1-4H3;4-5H,3H2,1-2H3. The van der Waals surface area contributed by atoms with Gasteiger partial charge in [0, 0.05) is 6.61 Å². The Morgan fingerprint density at radius 1 is 0.786 bits per heavy atom. The number of nitrogens with one attached hydrogen (secondary N) is 1. The van der Waals surface area contributed by atoms with Crippen LogP contribution in [-0.2, 0) is 0 Å². The molecule has 2 heteroatoms. The Morgan fingerprint density at radius 2 is 1.07 bits per heavy atom. The third-order valence-electron chi connectivity index (χ3n) is 1.47. The highest BCUT2D eigenvalue weighted by Crippen LogP contribution is 1.90. The first-order chi connectivity index (χ1) is 6.40. The van der Waals surface area contributed by atoms with Crippen LogP contribution in [0.15, 0.2) is 0 Å². The highest BCUT2D eigenvalue weighted by molar-refractivity contribution is 4.52. The van der Waals surface area contributed by atoms with E-state index in [1.807, 2.05) is 13.8 Å². The Balaban J connectivity index is 0. The molecule has 14 heavy (non-hydrogen) atoms. The van der Waals surface area contributed by atoms with Crippen molar-refractivity contribution >= 4 is 0 Å². The maximum absolute atomic E-state index is 8.14. The Morgan fingerprint density at radius 3 is 1.21 bits per heavy atom. The van der Waals surface area contributed by atoms with Gasteiger partial charge >= 0.3 is 0 Å². The molecule has 0 bridgehead atoms. The minimum Gasteiger partial charge on any atom is -0.396 e. The molecule has 0 amide bonds. The van der Waals surface area contributed by atoms with Crippen molar-refractivity contribution in [1.29, 1.82) is 0 Å². The van der Waals surface area contributed by atoms with Gasteiger partial charge in [-0.05, 0) is 30.8 Å². The van der Waals surface area contributed by atoms with Gasteiger partial charge in [0.05, 0.1) is 0 Å². The molecule has 2 nitrogen and oxygen atoms in total. The molecule has 0 saturated carbocycles. The monoisotopic (exact) mass is 203 g/mol. The van der Waals surface area contributed by atoms with Crippen LogP contribution >= 0.6 is 0 Å². The van der Waals surface area contributed by atoms with Crippen LogP contribution in [0.2, 0.25) is 0 Å². The van der Waals surface area contributed by atoms with Gasteiger partial charge in [0.15, 0.2) is 0 Å². The van der Waals surface area contributed by atoms with Crippen LogP contribution in [0, 0.1) is 17.8 Å². The van der Waals surface area contributed by atoms with Crippen molar-refractivity contribution in [3.63, 3.8) is 0 Å². The molecule has 0 aromatic heterocycles. The van der Waals surface area contributed by atoms with Crippen molar-refractivity contribution in [2.75, 3.05) is 19.7 Å². The van der Waals surface area contributed by atoms with E-state index in [0.717, 1.165) is 24.9 Å². The molecular formula is C12H29NO. The van der Waals surface area contributed by atoms with Crippen molar-refractivity contribution in [2.24, 2.45) is 17.8 Å². The number of hydrogen-bond donors (Lipinski definition) is 2. The molecule has 0 atom stereocenters. The van der Waals surface area contributed by atoms with E-state index in [4.69, 9.17) is 5.11 Å². The average Bonchev–Trinajstić information content (AvgIpc) is 2.04. The lowest BCUT2D eigenvalue weighted by Crippen LogP contribution is -2.23. The second kappa shape index (κ2) is 11.0. The average molecular weight is 203 g/mol. The zero-order chi connectivity index (χ0) is 11.6. The zero-order valence-corrected chi connectivity index (χ0v) is 10.8. The summed E-state index contributed by atoms with van der Waals surface area (Å²) in [7, 11) is 0. The smallest absolute Gasteiger partial charge is 0.0453 e. The number of hydrogen-bond acceptors (Lipinski definition) is 2. The summed E-state index contributed by atoms with van der Waals surface area (Å²) in [5.41, 5.74) is 0. The molecule has 0 radical (unpaired) electrons. The van der Waals surface area contributed by atoms with Gasteiger partial charge in [0.2, 0.25) is 0 Å².